The zero-order valence-corrected chi connectivity index (χ0v) is 22.6. The molecule has 1 aliphatic rings. The Morgan fingerprint density at radius 2 is 1.89 bits per heavy atom. The van der Waals surface area contributed by atoms with Crippen molar-refractivity contribution in [3.63, 3.8) is 0 Å². The molecule has 0 radical (unpaired) electrons. The van der Waals surface area contributed by atoms with Gasteiger partial charge in [-0.3, -0.25) is 9.89 Å². The number of carbonyl (C=O) groups excluding carboxylic acids is 1. The van der Waals surface area contributed by atoms with E-state index in [0.29, 0.717) is 5.16 Å². The summed E-state index contributed by atoms with van der Waals surface area (Å²) in [6.45, 7) is 8.67. The van der Waals surface area contributed by atoms with Gasteiger partial charge in [-0.25, -0.2) is 9.97 Å². The number of rotatable bonds is 9. The van der Waals surface area contributed by atoms with Gasteiger partial charge in [-0.1, -0.05) is 0 Å². The number of nitrogens with one attached hydrogen (secondary N) is 3. The van der Waals surface area contributed by atoms with Crippen molar-refractivity contribution in [1.29, 1.82) is 0 Å². The zero-order chi connectivity index (χ0) is 25.7. The van der Waals surface area contributed by atoms with Crippen LogP contribution in [0.3, 0.4) is 0 Å². The van der Waals surface area contributed by atoms with Crippen molar-refractivity contribution in [3.8, 4) is 0 Å². The molecular weight excluding hydrogens is 472 g/mol. The quantitative estimate of drug-likeness (QED) is 0.353. The van der Waals surface area contributed by atoms with Crippen molar-refractivity contribution in [2.24, 2.45) is 5.92 Å². The van der Waals surface area contributed by atoms with E-state index in [4.69, 9.17) is 9.97 Å². The molecule has 1 aromatic carbocycles. The van der Waals surface area contributed by atoms with Gasteiger partial charge >= 0.3 is 0 Å². The minimum absolute atomic E-state index is 0.0864. The van der Waals surface area contributed by atoms with Gasteiger partial charge in [0.05, 0.1) is 0 Å². The first-order chi connectivity index (χ1) is 17.3. The van der Waals surface area contributed by atoms with Gasteiger partial charge in [-0.2, -0.15) is 5.10 Å². The standard InChI is InChI=1S/C26H36N8OS/c1-17-16-23(32-31-17)28-24-18(2)25(34-14-11-20(12-15-34)10-13-33(4)5)30-26(29-24)36-22-8-6-21(7-9-22)27-19(3)35/h6-9,16,20H,10-15H2,1-5H3,(H,27,35)(H2,28,29,30,31,32). The van der Waals surface area contributed by atoms with Gasteiger partial charge in [0.1, 0.15) is 11.6 Å². The second-order valence-corrected chi connectivity index (χ2v) is 10.7. The molecule has 0 aliphatic carbocycles. The van der Waals surface area contributed by atoms with E-state index in [1.54, 1.807) is 0 Å². The topological polar surface area (TPSA) is 102 Å². The number of hydrogen-bond acceptors (Lipinski definition) is 8. The van der Waals surface area contributed by atoms with Crippen LogP contribution in [0.2, 0.25) is 0 Å². The van der Waals surface area contributed by atoms with Crippen molar-refractivity contribution in [2.75, 3.05) is 49.3 Å². The Kier molecular flexibility index (Phi) is 8.48. The van der Waals surface area contributed by atoms with Crippen molar-refractivity contribution in [1.82, 2.24) is 25.1 Å². The molecule has 0 unspecified atom stereocenters. The second kappa shape index (κ2) is 11.7. The average molecular weight is 509 g/mol. The van der Waals surface area contributed by atoms with Crippen LogP contribution in [0.4, 0.5) is 23.1 Å². The van der Waals surface area contributed by atoms with Crippen molar-refractivity contribution >= 4 is 40.8 Å². The number of H-pyrrole nitrogens is 1. The molecule has 3 heterocycles. The first-order valence-corrected chi connectivity index (χ1v) is 13.2. The number of aryl methyl sites for hydroxylation is 1. The van der Waals surface area contributed by atoms with Crippen LogP contribution < -0.4 is 15.5 Å². The number of hydrogen-bond donors (Lipinski definition) is 3. The van der Waals surface area contributed by atoms with Crippen molar-refractivity contribution in [2.45, 2.75) is 50.1 Å². The molecule has 4 rings (SSSR count). The van der Waals surface area contributed by atoms with E-state index in [9.17, 15) is 4.79 Å². The third-order valence-corrected chi connectivity index (χ3v) is 7.21. The van der Waals surface area contributed by atoms with Crippen LogP contribution in [0.5, 0.6) is 0 Å². The lowest BCUT2D eigenvalue weighted by Gasteiger charge is -2.34. The van der Waals surface area contributed by atoms with Crippen LogP contribution in [0.1, 0.15) is 37.4 Å². The summed E-state index contributed by atoms with van der Waals surface area (Å²) in [6, 6.07) is 9.69. The summed E-state index contributed by atoms with van der Waals surface area (Å²) in [7, 11) is 4.28. The van der Waals surface area contributed by atoms with E-state index in [-0.39, 0.29) is 5.91 Å². The first kappa shape index (κ1) is 26.0. The molecule has 9 nitrogen and oxygen atoms in total. The van der Waals surface area contributed by atoms with Gasteiger partial charge in [0.25, 0.3) is 0 Å². The number of anilines is 4. The normalized spacial score (nSPS) is 14.3. The molecule has 10 heteroatoms. The Morgan fingerprint density at radius 3 is 2.50 bits per heavy atom. The molecule has 1 saturated heterocycles. The highest BCUT2D eigenvalue weighted by Gasteiger charge is 2.24. The summed E-state index contributed by atoms with van der Waals surface area (Å²) in [4.78, 5) is 26.8. The van der Waals surface area contributed by atoms with Crippen molar-refractivity contribution in [3.05, 3.63) is 41.6 Å². The third-order valence-electron chi connectivity index (χ3n) is 6.33. The maximum Gasteiger partial charge on any atom is 0.221 e. The van der Waals surface area contributed by atoms with Gasteiger partial charge in [0.2, 0.25) is 5.91 Å². The highest BCUT2D eigenvalue weighted by molar-refractivity contribution is 7.99. The molecule has 1 fully saturated rings. The summed E-state index contributed by atoms with van der Waals surface area (Å²) >= 11 is 1.51. The highest BCUT2D eigenvalue weighted by Crippen LogP contribution is 2.34. The predicted molar refractivity (Wildman–Crippen MR) is 146 cm³/mol. The van der Waals surface area contributed by atoms with Crippen LogP contribution in [0.15, 0.2) is 40.4 Å². The lowest BCUT2D eigenvalue weighted by atomic mass is 9.93. The molecule has 0 spiro atoms. The fourth-order valence-electron chi connectivity index (χ4n) is 4.35. The van der Waals surface area contributed by atoms with E-state index in [1.807, 2.05) is 37.3 Å². The number of aromatic amines is 1. The summed E-state index contributed by atoms with van der Waals surface area (Å²) in [5, 5.41) is 14.2. The number of benzene rings is 1. The molecule has 0 bridgehead atoms. The van der Waals surface area contributed by atoms with Crippen LogP contribution in [0, 0.1) is 19.8 Å². The Morgan fingerprint density at radius 1 is 1.17 bits per heavy atom. The van der Waals surface area contributed by atoms with E-state index in [0.717, 1.165) is 64.8 Å². The summed E-state index contributed by atoms with van der Waals surface area (Å²) in [5.41, 5.74) is 2.77. The fraction of sp³-hybridized carbons (Fsp3) is 0.462. The summed E-state index contributed by atoms with van der Waals surface area (Å²) in [5.74, 6) is 3.14. The molecule has 0 saturated carbocycles. The van der Waals surface area contributed by atoms with Gasteiger partial charge in [-0.15, -0.1) is 0 Å². The average Bonchev–Trinajstić information content (AvgIpc) is 3.25. The molecule has 3 N–H and O–H groups in total. The predicted octanol–water partition coefficient (Wildman–Crippen LogP) is 4.84. The Balaban J connectivity index is 1.56. The maximum absolute atomic E-state index is 11.3. The molecule has 2 aromatic heterocycles. The minimum Gasteiger partial charge on any atom is -0.356 e. The number of amides is 1. The van der Waals surface area contributed by atoms with Gasteiger partial charge in [0.15, 0.2) is 11.0 Å². The Hall–Kier alpha value is -3.11. The summed E-state index contributed by atoms with van der Waals surface area (Å²) < 4.78 is 0. The number of aromatic nitrogens is 4. The molecule has 1 aliphatic heterocycles. The molecule has 36 heavy (non-hydrogen) atoms. The van der Waals surface area contributed by atoms with Gasteiger partial charge in [0, 0.05) is 47.9 Å². The molecule has 1 amide bonds. The molecule has 192 valence electrons. The molecule has 3 aromatic rings. The van der Waals surface area contributed by atoms with Crippen molar-refractivity contribution < 1.29 is 4.79 Å². The second-order valence-electron chi connectivity index (χ2n) is 9.69. The number of carbonyl (C=O) groups is 1. The van der Waals surface area contributed by atoms with Gasteiger partial charge < -0.3 is 20.4 Å². The maximum atomic E-state index is 11.3. The van der Waals surface area contributed by atoms with E-state index in [1.165, 1.54) is 37.9 Å². The van der Waals surface area contributed by atoms with Crippen LogP contribution >= 0.6 is 11.8 Å². The lowest BCUT2D eigenvalue weighted by Crippen LogP contribution is -2.35. The Bertz CT molecular complexity index is 1170. The van der Waals surface area contributed by atoms with E-state index >= 15 is 0 Å². The highest BCUT2D eigenvalue weighted by atomic mass is 32.2. The zero-order valence-electron chi connectivity index (χ0n) is 21.8. The van der Waals surface area contributed by atoms with Crippen LogP contribution in [0.25, 0.3) is 0 Å². The minimum atomic E-state index is -0.0864. The smallest absolute Gasteiger partial charge is 0.221 e. The monoisotopic (exact) mass is 508 g/mol. The SMILES string of the molecule is CC(=O)Nc1ccc(Sc2nc(Nc3cc(C)[nH]n3)c(C)c(N3CCC(CCN(C)C)CC3)n2)cc1. The Labute approximate surface area is 217 Å². The number of piperidine rings is 1. The molecule has 0 atom stereocenters. The first-order valence-electron chi connectivity index (χ1n) is 12.4. The fourth-order valence-corrected chi connectivity index (χ4v) is 5.10. The van der Waals surface area contributed by atoms with E-state index in [2.05, 4.69) is 51.6 Å². The van der Waals surface area contributed by atoms with E-state index < -0.39 is 0 Å². The number of nitrogens with zero attached hydrogens (tertiary/aromatic N) is 5. The van der Waals surface area contributed by atoms with Gasteiger partial charge in [-0.05, 0) is 95.7 Å². The third kappa shape index (κ3) is 6.98. The van der Waals surface area contributed by atoms with Crippen LogP contribution in [-0.2, 0) is 4.79 Å². The largest absolute Gasteiger partial charge is 0.356 e. The van der Waals surface area contributed by atoms with Crippen LogP contribution in [-0.4, -0.2) is 64.7 Å². The molecular formula is C26H36N8OS. The summed E-state index contributed by atoms with van der Waals surface area (Å²) in [6.07, 6.45) is 3.59. The lowest BCUT2D eigenvalue weighted by molar-refractivity contribution is -0.114.